The van der Waals surface area contributed by atoms with Crippen LogP contribution in [0.1, 0.15) is 29.8 Å². The Balaban J connectivity index is 1.46. The van der Waals surface area contributed by atoms with Crippen LogP contribution in [0.4, 0.5) is 5.69 Å². The van der Waals surface area contributed by atoms with E-state index in [4.69, 9.17) is 14.2 Å². The van der Waals surface area contributed by atoms with Gasteiger partial charge in [-0.1, -0.05) is 12.1 Å². The third kappa shape index (κ3) is 5.68. The minimum absolute atomic E-state index is 0.0636. The molecule has 0 fully saturated rings. The fourth-order valence-electron chi connectivity index (χ4n) is 3.75. The van der Waals surface area contributed by atoms with Crippen LogP contribution in [0.25, 0.3) is 0 Å². The van der Waals surface area contributed by atoms with Gasteiger partial charge in [0.25, 0.3) is 15.9 Å². The van der Waals surface area contributed by atoms with Crippen LogP contribution in [0.3, 0.4) is 0 Å². The summed E-state index contributed by atoms with van der Waals surface area (Å²) in [6.07, 6.45) is 0. The average molecular weight is 497 g/mol. The molecule has 8 nitrogen and oxygen atoms in total. The number of para-hydroxylation sites is 1. The molecule has 0 atom stereocenters. The Bertz CT molecular complexity index is 1270. The van der Waals surface area contributed by atoms with Crippen molar-refractivity contribution in [2.75, 3.05) is 31.1 Å². The maximum Gasteiger partial charge on any atom is 0.261 e. The molecule has 4 rings (SSSR count). The summed E-state index contributed by atoms with van der Waals surface area (Å²) in [6.45, 7) is 6.08. The minimum Gasteiger partial charge on any atom is -0.494 e. The summed E-state index contributed by atoms with van der Waals surface area (Å²) in [6, 6.07) is 18.2. The van der Waals surface area contributed by atoms with E-state index in [0.29, 0.717) is 61.4 Å². The van der Waals surface area contributed by atoms with Crippen molar-refractivity contribution in [1.29, 1.82) is 0 Å². The molecule has 184 valence electrons. The molecule has 0 unspecified atom stereocenters. The van der Waals surface area contributed by atoms with Gasteiger partial charge in [0, 0.05) is 29.9 Å². The number of carbonyl (C=O) groups is 1. The number of benzene rings is 3. The molecule has 9 heteroatoms. The van der Waals surface area contributed by atoms with Crippen molar-refractivity contribution in [2.45, 2.75) is 25.3 Å². The topological polar surface area (TPSA) is 94.2 Å². The molecule has 0 saturated carbocycles. The number of rotatable bonds is 9. The molecular formula is C26H28N2O6S. The first-order chi connectivity index (χ1) is 16.9. The van der Waals surface area contributed by atoms with Gasteiger partial charge in [0.2, 0.25) is 0 Å². The van der Waals surface area contributed by atoms with Gasteiger partial charge >= 0.3 is 0 Å². The molecule has 1 aliphatic rings. The summed E-state index contributed by atoms with van der Waals surface area (Å²) in [5.41, 5.74) is 1.67. The number of ether oxygens (including phenoxy) is 3. The van der Waals surface area contributed by atoms with Gasteiger partial charge < -0.3 is 19.1 Å². The highest BCUT2D eigenvalue weighted by molar-refractivity contribution is 7.92. The minimum atomic E-state index is -3.81. The molecule has 3 aromatic carbocycles. The number of sulfonamides is 1. The largest absolute Gasteiger partial charge is 0.494 e. The van der Waals surface area contributed by atoms with Gasteiger partial charge in [0.1, 0.15) is 19.0 Å². The summed E-state index contributed by atoms with van der Waals surface area (Å²) in [4.78, 5) is 14.9. The van der Waals surface area contributed by atoms with Crippen molar-refractivity contribution in [2.24, 2.45) is 0 Å². The number of hydrogen-bond acceptors (Lipinski definition) is 6. The molecule has 0 radical (unpaired) electrons. The smallest absolute Gasteiger partial charge is 0.261 e. The quantitative estimate of drug-likeness (QED) is 0.474. The summed E-state index contributed by atoms with van der Waals surface area (Å²) in [7, 11) is -3.81. The maximum absolute atomic E-state index is 13.2. The Morgan fingerprint density at radius 3 is 2.37 bits per heavy atom. The lowest BCUT2D eigenvalue weighted by Crippen LogP contribution is -2.31. The summed E-state index contributed by atoms with van der Waals surface area (Å²) < 4.78 is 44.9. The predicted molar refractivity (Wildman–Crippen MR) is 133 cm³/mol. The van der Waals surface area contributed by atoms with Crippen molar-refractivity contribution < 1.29 is 27.4 Å². The Morgan fingerprint density at radius 2 is 1.69 bits per heavy atom. The second-order valence-corrected chi connectivity index (χ2v) is 9.53. The Morgan fingerprint density at radius 1 is 0.971 bits per heavy atom. The fraction of sp³-hybridized carbons (Fsp3) is 0.269. The zero-order chi connectivity index (χ0) is 24.8. The van der Waals surface area contributed by atoms with Gasteiger partial charge in [0.15, 0.2) is 11.5 Å². The van der Waals surface area contributed by atoms with Crippen molar-refractivity contribution >= 4 is 21.6 Å². The third-order valence-corrected chi connectivity index (χ3v) is 6.90. The van der Waals surface area contributed by atoms with Crippen molar-refractivity contribution in [1.82, 2.24) is 4.90 Å². The number of carbonyl (C=O) groups excluding carboxylic acids is 1. The van der Waals surface area contributed by atoms with Crippen LogP contribution in [0.2, 0.25) is 0 Å². The van der Waals surface area contributed by atoms with Crippen molar-refractivity contribution in [3.05, 3.63) is 77.9 Å². The number of hydrogen-bond donors (Lipinski definition) is 1. The molecule has 0 bridgehead atoms. The molecule has 3 aromatic rings. The Labute approximate surface area is 205 Å². The van der Waals surface area contributed by atoms with Gasteiger partial charge in [-0.15, -0.1) is 0 Å². The number of anilines is 1. The summed E-state index contributed by atoms with van der Waals surface area (Å²) in [5.74, 6) is 1.79. The van der Waals surface area contributed by atoms with Crippen LogP contribution in [0.15, 0.2) is 71.6 Å². The average Bonchev–Trinajstić information content (AvgIpc) is 2.88. The van der Waals surface area contributed by atoms with Crippen LogP contribution >= 0.6 is 0 Å². The highest BCUT2D eigenvalue weighted by Crippen LogP contribution is 2.34. The standard InChI is InChI=1S/C26H28N2O6S/c1-3-28(18-20-6-5-7-24-25(20)34-17-16-33-24)26(29)19-8-14-23(15-9-19)35(30,31)27-21-10-12-22(13-11-21)32-4-2/h5-15,27H,3-4,16-18H2,1-2H3. The molecular weight excluding hydrogens is 468 g/mol. The first kappa shape index (κ1) is 24.4. The zero-order valence-electron chi connectivity index (χ0n) is 19.7. The summed E-state index contributed by atoms with van der Waals surface area (Å²) in [5, 5.41) is 0. The van der Waals surface area contributed by atoms with Gasteiger partial charge in [0.05, 0.1) is 11.5 Å². The molecule has 1 heterocycles. The second kappa shape index (κ2) is 10.7. The van der Waals surface area contributed by atoms with Crippen LogP contribution in [0.5, 0.6) is 17.2 Å². The van der Waals surface area contributed by atoms with Crippen molar-refractivity contribution in [3.63, 3.8) is 0 Å². The SMILES string of the molecule is CCOc1ccc(NS(=O)(=O)c2ccc(C(=O)N(CC)Cc3cccc4c3OCCO4)cc2)cc1. The van der Waals surface area contributed by atoms with E-state index in [-0.39, 0.29) is 10.8 Å². The van der Waals surface area contributed by atoms with Crippen molar-refractivity contribution in [3.8, 4) is 17.2 Å². The second-order valence-electron chi connectivity index (χ2n) is 7.85. The van der Waals surface area contributed by atoms with E-state index < -0.39 is 10.0 Å². The Kier molecular flexibility index (Phi) is 7.45. The normalized spacial score (nSPS) is 12.6. The van der Waals surface area contributed by atoms with Gasteiger partial charge in [-0.3, -0.25) is 9.52 Å². The van der Waals surface area contributed by atoms with Crippen LogP contribution in [-0.2, 0) is 16.6 Å². The van der Waals surface area contributed by atoms with Gasteiger partial charge in [-0.2, -0.15) is 0 Å². The highest BCUT2D eigenvalue weighted by Gasteiger charge is 2.21. The number of nitrogens with one attached hydrogen (secondary N) is 1. The number of nitrogens with zero attached hydrogens (tertiary/aromatic N) is 1. The van der Waals surface area contributed by atoms with E-state index in [0.717, 1.165) is 5.56 Å². The zero-order valence-corrected chi connectivity index (χ0v) is 20.5. The fourth-order valence-corrected chi connectivity index (χ4v) is 4.81. The molecule has 0 spiro atoms. The van der Waals surface area contributed by atoms with E-state index >= 15 is 0 Å². The lowest BCUT2D eigenvalue weighted by molar-refractivity contribution is 0.0749. The molecule has 0 aliphatic carbocycles. The monoisotopic (exact) mass is 496 g/mol. The highest BCUT2D eigenvalue weighted by atomic mass is 32.2. The number of amides is 1. The van der Waals surface area contributed by atoms with E-state index in [2.05, 4.69) is 4.72 Å². The van der Waals surface area contributed by atoms with Crippen LogP contribution < -0.4 is 18.9 Å². The lowest BCUT2D eigenvalue weighted by Gasteiger charge is -2.25. The molecule has 35 heavy (non-hydrogen) atoms. The van der Waals surface area contributed by atoms with Gasteiger partial charge in [-0.25, -0.2) is 8.42 Å². The molecule has 0 aromatic heterocycles. The number of fused-ring (bicyclic) bond motifs is 1. The first-order valence-corrected chi connectivity index (χ1v) is 12.9. The van der Waals surface area contributed by atoms with E-state index in [1.54, 1.807) is 29.2 Å². The molecule has 1 amide bonds. The first-order valence-electron chi connectivity index (χ1n) is 11.4. The summed E-state index contributed by atoms with van der Waals surface area (Å²) >= 11 is 0. The predicted octanol–water partition coefficient (Wildman–Crippen LogP) is 4.32. The molecule has 1 N–H and O–H groups in total. The van der Waals surface area contributed by atoms with Crippen LogP contribution in [-0.4, -0.2) is 45.6 Å². The maximum atomic E-state index is 13.2. The lowest BCUT2D eigenvalue weighted by atomic mass is 10.1. The van der Waals surface area contributed by atoms with Gasteiger partial charge in [-0.05, 0) is 68.4 Å². The third-order valence-electron chi connectivity index (χ3n) is 5.51. The van der Waals surface area contributed by atoms with E-state index in [9.17, 15) is 13.2 Å². The van der Waals surface area contributed by atoms with E-state index in [1.165, 1.54) is 24.3 Å². The van der Waals surface area contributed by atoms with E-state index in [1.807, 2.05) is 32.0 Å². The molecule has 1 aliphatic heterocycles. The van der Waals surface area contributed by atoms with Crippen LogP contribution in [0, 0.1) is 0 Å². The molecule has 0 saturated heterocycles. The Hall–Kier alpha value is -3.72.